The van der Waals surface area contributed by atoms with Crippen LogP contribution in [0.15, 0.2) is 53.0 Å². The highest BCUT2D eigenvalue weighted by atomic mass is 79.9. The molecule has 0 aromatic heterocycles. The Morgan fingerprint density at radius 3 is 2.79 bits per heavy atom. The summed E-state index contributed by atoms with van der Waals surface area (Å²) in [6, 6.07) is 13.5. The van der Waals surface area contributed by atoms with Gasteiger partial charge in [0.1, 0.15) is 5.75 Å². The summed E-state index contributed by atoms with van der Waals surface area (Å²) in [6.45, 7) is 4.82. The molecule has 0 saturated carbocycles. The van der Waals surface area contributed by atoms with E-state index in [0.717, 1.165) is 39.9 Å². The van der Waals surface area contributed by atoms with Crippen LogP contribution < -0.4 is 10.1 Å². The van der Waals surface area contributed by atoms with Gasteiger partial charge in [-0.1, -0.05) is 37.6 Å². The molecule has 4 heteroatoms. The molecule has 0 atom stereocenters. The van der Waals surface area contributed by atoms with Gasteiger partial charge in [-0.25, -0.2) is 0 Å². The third kappa shape index (κ3) is 5.53. The second-order valence-corrected chi connectivity index (χ2v) is 6.40. The number of anilines is 1. The summed E-state index contributed by atoms with van der Waals surface area (Å²) in [5.74, 6) is 0.620. The minimum Gasteiger partial charge on any atom is -0.493 e. The van der Waals surface area contributed by atoms with Gasteiger partial charge in [0.25, 0.3) is 0 Å². The SMILES string of the molecule is CCCCOc1ccccc1/C=C/C(=O)Nc1ccc(C)cc1Br. The van der Waals surface area contributed by atoms with Crippen LogP contribution in [-0.2, 0) is 4.79 Å². The van der Waals surface area contributed by atoms with Gasteiger partial charge in [0.2, 0.25) is 5.91 Å². The average molecular weight is 388 g/mol. The number of amides is 1. The highest BCUT2D eigenvalue weighted by molar-refractivity contribution is 9.10. The first kappa shape index (κ1) is 18.3. The van der Waals surface area contributed by atoms with E-state index >= 15 is 0 Å². The Labute approximate surface area is 151 Å². The fourth-order valence-corrected chi connectivity index (χ4v) is 2.73. The number of carbonyl (C=O) groups is 1. The molecule has 0 radical (unpaired) electrons. The van der Waals surface area contributed by atoms with Crippen molar-refractivity contribution in [1.82, 2.24) is 0 Å². The largest absolute Gasteiger partial charge is 0.493 e. The molecule has 0 aliphatic carbocycles. The molecule has 0 aliphatic heterocycles. The Morgan fingerprint density at radius 2 is 2.04 bits per heavy atom. The number of nitrogens with one attached hydrogen (secondary N) is 1. The van der Waals surface area contributed by atoms with Crippen molar-refractivity contribution in [3.05, 3.63) is 64.1 Å². The van der Waals surface area contributed by atoms with E-state index in [9.17, 15) is 4.79 Å². The number of benzene rings is 2. The molecule has 126 valence electrons. The summed E-state index contributed by atoms with van der Waals surface area (Å²) >= 11 is 3.46. The van der Waals surface area contributed by atoms with Crippen LogP contribution in [0, 0.1) is 6.92 Å². The quantitative estimate of drug-likeness (QED) is 0.496. The topological polar surface area (TPSA) is 38.3 Å². The molecule has 2 rings (SSSR count). The lowest BCUT2D eigenvalue weighted by molar-refractivity contribution is -0.111. The highest BCUT2D eigenvalue weighted by Crippen LogP contribution is 2.24. The number of ether oxygens (including phenoxy) is 1. The average Bonchev–Trinajstić information content (AvgIpc) is 2.57. The Kier molecular flexibility index (Phi) is 7.07. The van der Waals surface area contributed by atoms with Crippen LogP contribution in [0.3, 0.4) is 0 Å². The molecule has 0 heterocycles. The van der Waals surface area contributed by atoms with Crippen molar-refractivity contribution < 1.29 is 9.53 Å². The zero-order valence-corrected chi connectivity index (χ0v) is 15.6. The summed E-state index contributed by atoms with van der Waals surface area (Å²) in [6.07, 6.45) is 5.40. The maximum atomic E-state index is 12.1. The van der Waals surface area contributed by atoms with Gasteiger partial charge in [0.15, 0.2) is 0 Å². The molecule has 1 amide bonds. The molecular weight excluding hydrogens is 366 g/mol. The van der Waals surface area contributed by atoms with Gasteiger partial charge in [-0.15, -0.1) is 0 Å². The number of hydrogen-bond donors (Lipinski definition) is 1. The van der Waals surface area contributed by atoms with Crippen molar-refractivity contribution in [2.75, 3.05) is 11.9 Å². The lowest BCUT2D eigenvalue weighted by Gasteiger charge is -2.08. The summed E-state index contributed by atoms with van der Waals surface area (Å²) in [5, 5.41) is 2.87. The predicted octanol–water partition coefficient (Wildman–Crippen LogP) is 5.59. The summed E-state index contributed by atoms with van der Waals surface area (Å²) in [7, 11) is 0. The van der Waals surface area contributed by atoms with Crippen molar-refractivity contribution in [2.24, 2.45) is 0 Å². The highest BCUT2D eigenvalue weighted by Gasteiger charge is 2.04. The standard InChI is InChI=1S/C20H22BrNO2/c1-3-4-13-24-19-8-6-5-7-16(19)10-12-20(23)22-18-11-9-15(2)14-17(18)21/h5-12,14H,3-4,13H2,1-2H3,(H,22,23)/b12-10+. The van der Waals surface area contributed by atoms with Gasteiger partial charge in [-0.3, -0.25) is 4.79 Å². The molecule has 0 unspecified atom stereocenters. The van der Waals surface area contributed by atoms with Gasteiger partial charge in [-0.2, -0.15) is 0 Å². The van der Waals surface area contributed by atoms with Gasteiger partial charge in [-0.05, 0) is 59.1 Å². The summed E-state index contributed by atoms with van der Waals surface area (Å²) < 4.78 is 6.64. The molecule has 24 heavy (non-hydrogen) atoms. The molecule has 2 aromatic carbocycles. The van der Waals surface area contributed by atoms with E-state index in [1.807, 2.05) is 49.4 Å². The van der Waals surface area contributed by atoms with E-state index < -0.39 is 0 Å². The van der Waals surface area contributed by atoms with Crippen LogP contribution in [0.1, 0.15) is 30.9 Å². The van der Waals surface area contributed by atoms with E-state index in [0.29, 0.717) is 6.61 Å². The fourth-order valence-electron chi connectivity index (χ4n) is 2.14. The number of carbonyl (C=O) groups excluding carboxylic acids is 1. The number of unbranched alkanes of at least 4 members (excludes halogenated alkanes) is 1. The van der Waals surface area contributed by atoms with Crippen LogP contribution >= 0.6 is 15.9 Å². The third-order valence-electron chi connectivity index (χ3n) is 3.47. The fraction of sp³-hybridized carbons (Fsp3) is 0.250. The molecule has 0 bridgehead atoms. The molecule has 0 aliphatic rings. The lowest BCUT2D eigenvalue weighted by atomic mass is 10.2. The Balaban J connectivity index is 2.03. The zero-order chi connectivity index (χ0) is 17.4. The molecule has 2 aromatic rings. The maximum Gasteiger partial charge on any atom is 0.248 e. The van der Waals surface area contributed by atoms with Crippen molar-refractivity contribution in [3.8, 4) is 5.75 Å². The number of para-hydroxylation sites is 1. The zero-order valence-electron chi connectivity index (χ0n) is 14.0. The van der Waals surface area contributed by atoms with Crippen LogP contribution in [0.2, 0.25) is 0 Å². The van der Waals surface area contributed by atoms with Crippen LogP contribution in [0.5, 0.6) is 5.75 Å². The molecule has 0 fully saturated rings. The molecule has 1 N–H and O–H groups in total. The number of rotatable bonds is 7. The first-order valence-electron chi connectivity index (χ1n) is 8.07. The number of halogens is 1. The Morgan fingerprint density at radius 1 is 1.25 bits per heavy atom. The van der Waals surface area contributed by atoms with Gasteiger partial charge in [0.05, 0.1) is 12.3 Å². The van der Waals surface area contributed by atoms with Crippen molar-refractivity contribution in [3.63, 3.8) is 0 Å². The molecule has 0 saturated heterocycles. The maximum absolute atomic E-state index is 12.1. The van der Waals surface area contributed by atoms with Crippen molar-refractivity contribution in [2.45, 2.75) is 26.7 Å². The first-order chi connectivity index (χ1) is 11.6. The monoisotopic (exact) mass is 387 g/mol. The van der Waals surface area contributed by atoms with E-state index in [-0.39, 0.29) is 5.91 Å². The summed E-state index contributed by atoms with van der Waals surface area (Å²) in [4.78, 5) is 12.1. The minimum atomic E-state index is -0.178. The van der Waals surface area contributed by atoms with Crippen LogP contribution in [-0.4, -0.2) is 12.5 Å². The minimum absolute atomic E-state index is 0.178. The van der Waals surface area contributed by atoms with Gasteiger partial charge < -0.3 is 10.1 Å². The van der Waals surface area contributed by atoms with E-state index in [4.69, 9.17) is 4.74 Å². The third-order valence-corrected chi connectivity index (χ3v) is 4.13. The lowest BCUT2D eigenvalue weighted by Crippen LogP contribution is -2.08. The second kappa shape index (κ2) is 9.28. The van der Waals surface area contributed by atoms with Crippen molar-refractivity contribution >= 4 is 33.6 Å². The Hall–Kier alpha value is -2.07. The van der Waals surface area contributed by atoms with Crippen molar-refractivity contribution in [1.29, 1.82) is 0 Å². The number of aryl methyl sites for hydroxylation is 1. The second-order valence-electron chi connectivity index (χ2n) is 5.55. The van der Waals surface area contributed by atoms with Gasteiger partial charge in [0, 0.05) is 16.1 Å². The Bertz CT molecular complexity index is 725. The summed E-state index contributed by atoms with van der Waals surface area (Å²) in [5.41, 5.74) is 2.78. The van der Waals surface area contributed by atoms with Crippen LogP contribution in [0.4, 0.5) is 5.69 Å². The predicted molar refractivity (Wildman–Crippen MR) is 103 cm³/mol. The molecular formula is C20H22BrNO2. The number of hydrogen-bond acceptors (Lipinski definition) is 2. The van der Waals surface area contributed by atoms with Crippen LogP contribution in [0.25, 0.3) is 6.08 Å². The molecule has 3 nitrogen and oxygen atoms in total. The molecule has 0 spiro atoms. The normalized spacial score (nSPS) is 10.8. The van der Waals surface area contributed by atoms with E-state index in [2.05, 4.69) is 28.2 Å². The van der Waals surface area contributed by atoms with E-state index in [1.165, 1.54) is 6.08 Å². The van der Waals surface area contributed by atoms with E-state index in [1.54, 1.807) is 6.08 Å². The van der Waals surface area contributed by atoms with Gasteiger partial charge >= 0.3 is 0 Å². The smallest absolute Gasteiger partial charge is 0.248 e. The first-order valence-corrected chi connectivity index (χ1v) is 8.86.